The maximum Gasteiger partial charge on any atom is 0.471 e. The third kappa shape index (κ3) is 4.27. The summed E-state index contributed by atoms with van der Waals surface area (Å²) in [6.45, 7) is 1.85. The van der Waals surface area contributed by atoms with Crippen LogP contribution in [0.25, 0.3) is 0 Å². The number of hydrogen-bond donors (Lipinski definition) is 0. The Labute approximate surface area is 184 Å². The monoisotopic (exact) mass is 453 g/mol. The fraction of sp³-hybridized carbons (Fsp3) is 0.591. The Balaban J connectivity index is 1.41. The number of amides is 3. The van der Waals surface area contributed by atoms with E-state index < -0.39 is 29.8 Å². The van der Waals surface area contributed by atoms with Crippen LogP contribution in [-0.4, -0.2) is 76.0 Å². The molecular formula is C22H26F3N3O4. The molecule has 1 aromatic carbocycles. The Morgan fingerprint density at radius 2 is 1.78 bits per heavy atom. The number of carbonyl (C=O) groups excluding carboxylic acids is 3. The number of ether oxygens (including phenoxy) is 1. The van der Waals surface area contributed by atoms with Gasteiger partial charge < -0.3 is 14.5 Å². The van der Waals surface area contributed by atoms with Crippen LogP contribution in [0.5, 0.6) is 0 Å². The number of halogens is 3. The molecule has 1 aromatic rings. The predicted octanol–water partition coefficient (Wildman–Crippen LogP) is 2.94. The molecule has 2 atom stereocenters. The van der Waals surface area contributed by atoms with E-state index in [1.165, 1.54) is 9.80 Å². The molecule has 0 bridgehead atoms. The molecule has 0 unspecified atom stereocenters. The van der Waals surface area contributed by atoms with Gasteiger partial charge in [-0.15, -0.1) is 0 Å². The fourth-order valence-electron chi connectivity index (χ4n) is 4.75. The van der Waals surface area contributed by atoms with Crippen molar-refractivity contribution in [1.82, 2.24) is 14.7 Å². The summed E-state index contributed by atoms with van der Waals surface area (Å²) in [5, 5.41) is 0. The first-order valence-corrected chi connectivity index (χ1v) is 10.8. The van der Waals surface area contributed by atoms with Crippen LogP contribution < -0.4 is 0 Å². The second-order valence-corrected chi connectivity index (χ2v) is 8.83. The minimum atomic E-state index is -4.93. The molecule has 3 aliphatic rings. The van der Waals surface area contributed by atoms with Crippen molar-refractivity contribution in [3.8, 4) is 0 Å². The lowest BCUT2D eigenvalue weighted by molar-refractivity contribution is -0.191. The van der Waals surface area contributed by atoms with Gasteiger partial charge in [0.2, 0.25) is 5.91 Å². The molecule has 2 saturated heterocycles. The van der Waals surface area contributed by atoms with E-state index >= 15 is 0 Å². The van der Waals surface area contributed by atoms with E-state index in [9.17, 15) is 27.6 Å². The zero-order valence-corrected chi connectivity index (χ0v) is 17.8. The lowest BCUT2D eigenvalue weighted by Gasteiger charge is -2.43. The first kappa shape index (κ1) is 22.4. The standard InChI is InChI=1S/C22H26F3N3O4/c1-15-7-8-17(28(15)20(31)32-13-16-5-3-2-4-6-16)18(29)26-11-12-27(19(30)22(23,24)25)21(14-26)9-10-21/h2-6,15,17H,7-14H2,1H3/t15-,17+/m1/s1. The van der Waals surface area contributed by atoms with E-state index in [-0.39, 0.29) is 38.2 Å². The Hall–Kier alpha value is -2.78. The first-order valence-electron chi connectivity index (χ1n) is 10.8. The molecule has 1 spiro atoms. The van der Waals surface area contributed by atoms with E-state index in [0.29, 0.717) is 25.7 Å². The average Bonchev–Trinajstić information content (AvgIpc) is 3.41. The third-order valence-corrected chi connectivity index (χ3v) is 6.65. The van der Waals surface area contributed by atoms with Crippen LogP contribution in [0, 0.1) is 0 Å². The molecule has 174 valence electrons. The molecule has 10 heteroatoms. The number of carbonyl (C=O) groups is 3. The SMILES string of the molecule is C[C@@H]1CC[C@@H](C(=O)N2CCN(C(=O)C(F)(F)F)C3(CC3)C2)N1C(=O)OCc1ccccc1. The first-order chi connectivity index (χ1) is 15.1. The van der Waals surface area contributed by atoms with Crippen LogP contribution in [0.2, 0.25) is 0 Å². The summed E-state index contributed by atoms with van der Waals surface area (Å²) >= 11 is 0. The topological polar surface area (TPSA) is 70.2 Å². The summed E-state index contributed by atoms with van der Waals surface area (Å²) in [4.78, 5) is 41.7. The van der Waals surface area contributed by atoms with Crippen LogP contribution >= 0.6 is 0 Å². The smallest absolute Gasteiger partial charge is 0.445 e. The minimum Gasteiger partial charge on any atom is -0.445 e. The largest absolute Gasteiger partial charge is 0.471 e. The van der Waals surface area contributed by atoms with Crippen molar-refractivity contribution >= 4 is 17.9 Å². The van der Waals surface area contributed by atoms with Crippen LogP contribution in [0.1, 0.15) is 38.2 Å². The van der Waals surface area contributed by atoms with Crippen LogP contribution in [-0.2, 0) is 20.9 Å². The van der Waals surface area contributed by atoms with Gasteiger partial charge in [0.1, 0.15) is 12.6 Å². The fourth-order valence-corrected chi connectivity index (χ4v) is 4.75. The van der Waals surface area contributed by atoms with Crippen molar-refractivity contribution in [2.45, 2.75) is 63.0 Å². The highest BCUT2D eigenvalue weighted by Gasteiger charge is 2.59. The molecule has 1 saturated carbocycles. The van der Waals surface area contributed by atoms with Gasteiger partial charge in [-0.2, -0.15) is 13.2 Å². The summed E-state index contributed by atoms with van der Waals surface area (Å²) in [6, 6.07) is 8.30. The summed E-state index contributed by atoms with van der Waals surface area (Å²) in [5.41, 5.74) is -0.111. The summed E-state index contributed by atoms with van der Waals surface area (Å²) < 4.78 is 44.3. The lowest BCUT2D eigenvalue weighted by atomic mass is 10.1. The van der Waals surface area contributed by atoms with Crippen molar-refractivity contribution in [3.05, 3.63) is 35.9 Å². The number of nitrogens with zero attached hydrogens (tertiary/aromatic N) is 3. The van der Waals surface area contributed by atoms with Gasteiger partial charge in [0.05, 0.1) is 5.54 Å². The Morgan fingerprint density at radius 3 is 2.41 bits per heavy atom. The maximum atomic E-state index is 13.3. The maximum absolute atomic E-state index is 13.3. The molecule has 2 heterocycles. The number of benzene rings is 1. The Morgan fingerprint density at radius 1 is 1.09 bits per heavy atom. The minimum absolute atomic E-state index is 0.0141. The molecule has 7 nitrogen and oxygen atoms in total. The molecule has 0 radical (unpaired) electrons. The zero-order valence-electron chi connectivity index (χ0n) is 17.8. The van der Waals surface area contributed by atoms with Gasteiger partial charge in [0.15, 0.2) is 0 Å². The van der Waals surface area contributed by atoms with Crippen molar-refractivity contribution in [3.63, 3.8) is 0 Å². The van der Waals surface area contributed by atoms with E-state index in [1.54, 1.807) is 0 Å². The van der Waals surface area contributed by atoms with E-state index in [0.717, 1.165) is 10.5 Å². The van der Waals surface area contributed by atoms with Gasteiger partial charge in [-0.3, -0.25) is 14.5 Å². The molecule has 0 N–H and O–H groups in total. The number of alkyl halides is 3. The van der Waals surface area contributed by atoms with Gasteiger partial charge >= 0.3 is 18.2 Å². The quantitative estimate of drug-likeness (QED) is 0.706. The summed E-state index contributed by atoms with van der Waals surface area (Å²) in [6.07, 6.45) is -3.54. The van der Waals surface area contributed by atoms with Crippen molar-refractivity contribution in [1.29, 1.82) is 0 Å². The summed E-state index contributed by atoms with van der Waals surface area (Å²) in [7, 11) is 0. The van der Waals surface area contributed by atoms with E-state index in [1.807, 2.05) is 37.3 Å². The van der Waals surface area contributed by atoms with Gasteiger partial charge in [-0.05, 0) is 38.2 Å². The van der Waals surface area contributed by atoms with Crippen LogP contribution in [0.4, 0.5) is 18.0 Å². The second-order valence-electron chi connectivity index (χ2n) is 8.83. The highest BCUT2D eigenvalue weighted by atomic mass is 19.4. The lowest BCUT2D eigenvalue weighted by Crippen LogP contribution is -2.62. The molecule has 32 heavy (non-hydrogen) atoms. The Kier molecular flexibility index (Phi) is 5.81. The van der Waals surface area contributed by atoms with Gasteiger partial charge in [0, 0.05) is 25.7 Å². The van der Waals surface area contributed by atoms with Crippen LogP contribution in [0.15, 0.2) is 30.3 Å². The molecule has 0 aromatic heterocycles. The Bertz CT molecular complexity index is 888. The van der Waals surface area contributed by atoms with E-state index in [2.05, 4.69) is 0 Å². The van der Waals surface area contributed by atoms with Gasteiger partial charge in [-0.1, -0.05) is 30.3 Å². The zero-order chi connectivity index (χ0) is 23.1. The average molecular weight is 453 g/mol. The highest BCUT2D eigenvalue weighted by Crippen LogP contribution is 2.46. The van der Waals surface area contributed by atoms with Crippen molar-refractivity contribution < 1.29 is 32.3 Å². The highest BCUT2D eigenvalue weighted by molar-refractivity contribution is 5.88. The summed E-state index contributed by atoms with van der Waals surface area (Å²) in [5.74, 6) is -2.14. The van der Waals surface area contributed by atoms with E-state index in [4.69, 9.17) is 4.74 Å². The second kappa shape index (κ2) is 8.29. The van der Waals surface area contributed by atoms with Crippen molar-refractivity contribution in [2.75, 3.05) is 19.6 Å². The molecular weight excluding hydrogens is 427 g/mol. The number of rotatable bonds is 3. The molecule has 3 amide bonds. The van der Waals surface area contributed by atoms with Crippen LogP contribution in [0.3, 0.4) is 0 Å². The third-order valence-electron chi connectivity index (χ3n) is 6.65. The normalized spacial score (nSPS) is 24.6. The molecule has 4 rings (SSSR count). The number of hydrogen-bond acceptors (Lipinski definition) is 4. The molecule has 1 aliphatic carbocycles. The predicted molar refractivity (Wildman–Crippen MR) is 107 cm³/mol. The number of piperazine rings is 1. The van der Waals surface area contributed by atoms with Gasteiger partial charge in [-0.25, -0.2) is 4.79 Å². The molecule has 2 aliphatic heterocycles. The molecule has 3 fully saturated rings. The van der Waals surface area contributed by atoms with Gasteiger partial charge in [0.25, 0.3) is 0 Å². The number of likely N-dealkylation sites (tertiary alicyclic amines) is 1. The van der Waals surface area contributed by atoms with Crippen molar-refractivity contribution in [2.24, 2.45) is 0 Å².